The number of aliphatic imine (C=N–C) groups is 1. The Morgan fingerprint density at radius 2 is 1.29 bits per heavy atom. The van der Waals surface area contributed by atoms with E-state index in [1.54, 1.807) is 6.21 Å². The molecule has 0 unspecified atom stereocenters. The van der Waals surface area contributed by atoms with Crippen LogP contribution in [0.25, 0.3) is 0 Å². The monoisotopic (exact) mass is 303 g/mol. The molecule has 0 fully saturated rings. The van der Waals surface area contributed by atoms with Crippen LogP contribution in [0.5, 0.6) is 0 Å². The molecule has 0 spiro atoms. The second-order valence-electron chi connectivity index (χ2n) is 4.16. The quantitative estimate of drug-likeness (QED) is 0.198. The van der Waals surface area contributed by atoms with Crippen LogP contribution >= 0.6 is 0 Å². The van der Waals surface area contributed by atoms with Gasteiger partial charge >= 0.3 is 0 Å². The molecule has 0 rings (SSSR count). The summed E-state index contributed by atoms with van der Waals surface area (Å²) in [6.45, 7) is 7.65. The molecule has 0 saturated heterocycles. The summed E-state index contributed by atoms with van der Waals surface area (Å²) >= 11 is 0. The molecule has 0 aliphatic rings. The van der Waals surface area contributed by atoms with E-state index >= 15 is 0 Å². The fourth-order valence-corrected chi connectivity index (χ4v) is 1.29. The highest BCUT2D eigenvalue weighted by Crippen LogP contribution is 1.88. The standard InChI is InChI=1S/C14H29N3O4/c1-2-3-7-18-9-11-20-13-14-21-12-10-19-8-6-16-4-5-17-15/h4-5H,2-3,6-15H2,1H3/b16-4?,17-5-. The van der Waals surface area contributed by atoms with E-state index in [0.717, 1.165) is 19.4 Å². The first-order valence-electron chi connectivity index (χ1n) is 7.44. The first-order chi connectivity index (χ1) is 10.4. The van der Waals surface area contributed by atoms with Crippen molar-refractivity contribution < 1.29 is 18.9 Å². The maximum Gasteiger partial charge on any atom is 0.0701 e. The summed E-state index contributed by atoms with van der Waals surface area (Å²) in [6, 6.07) is 0. The maximum atomic E-state index is 5.37. The van der Waals surface area contributed by atoms with Crippen molar-refractivity contribution in [2.24, 2.45) is 15.9 Å². The van der Waals surface area contributed by atoms with E-state index in [1.807, 2.05) is 0 Å². The maximum absolute atomic E-state index is 5.37. The number of hydrazone groups is 1. The Bertz CT molecular complexity index is 250. The normalized spacial score (nSPS) is 11.9. The van der Waals surface area contributed by atoms with Crippen molar-refractivity contribution in [3.05, 3.63) is 0 Å². The van der Waals surface area contributed by atoms with Gasteiger partial charge in [-0.3, -0.25) is 4.99 Å². The van der Waals surface area contributed by atoms with Gasteiger partial charge in [0.05, 0.1) is 59.0 Å². The molecule has 21 heavy (non-hydrogen) atoms. The van der Waals surface area contributed by atoms with Crippen molar-refractivity contribution >= 4 is 12.4 Å². The number of nitrogens with zero attached hydrogens (tertiary/aromatic N) is 2. The van der Waals surface area contributed by atoms with Crippen molar-refractivity contribution in [1.82, 2.24) is 0 Å². The van der Waals surface area contributed by atoms with Crippen molar-refractivity contribution in [2.75, 3.05) is 59.4 Å². The molecule has 2 N–H and O–H groups in total. The van der Waals surface area contributed by atoms with Crippen LogP contribution < -0.4 is 5.84 Å². The van der Waals surface area contributed by atoms with Crippen LogP contribution in [0.4, 0.5) is 0 Å². The summed E-state index contributed by atoms with van der Waals surface area (Å²) in [5.74, 6) is 4.91. The van der Waals surface area contributed by atoms with Gasteiger partial charge in [-0.2, -0.15) is 5.10 Å². The predicted molar refractivity (Wildman–Crippen MR) is 84.2 cm³/mol. The van der Waals surface area contributed by atoms with Gasteiger partial charge in [0.2, 0.25) is 0 Å². The number of nitrogens with two attached hydrogens (primary N) is 1. The number of rotatable bonds is 16. The van der Waals surface area contributed by atoms with Gasteiger partial charge in [0.25, 0.3) is 0 Å². The molecule has 0 heterocycles. The van der Waals surface area contributed by atoms with E-state index in [0.29, 0.717) is 52.8 Å². The molecule has 7 nitrogen and oxygen atoms in total. The van der Waals surface area contributed by atoms with E-state index in [4.69, 9.17) is 24.8 Å². The van der Waals surface area contributed by atoms with E-state index in [-0.39, 0.29) is 0 Å². The van der Waals surface area contributed by atoms with Crippen molar-refractivity contribution in [2.45, 2.75) is 19.8 Å². The molecule has 0 saturated carbocycles. The summed E-state index contributed by atoms with van der Waals surface area (Å²) in [7, 11) is 0. The van der Waals surface area contributed by atoms with Gasteiger partial charge in [0.15, 0.2) is 0 Å². The number of hydrogen-bond acceptors (Lipinski definition) is 7. The topological polar surface area (TPSA) is 87.7 Å². The molecule has 0 aromatic carbocycles. The lowest BCUT2D eigenvalue weighted by Gasteiger charge is -2.06. The molecule has 0 bridgehead atoms. The number of hydrogen-bond donors (Lipinski definition) is 1. The van der Waals surface area contributed by atoms with Crippen molar-refractivity contribution in [1.29, 1.82) is 0 Å². The van der Waals surface area contributed by atoms with Gasteiger partial charge in [-0.25, -0.2) is 0 Å². The van der Waals surface area contributed by atoms with Gasteiger partial charge in [-0.15, -0.1) is 0 Å². The van der Waals surface area contributed by atoms with E-state index in [1.165, 1.54) is 6.21 Å². The summed E-state index contributed by atoms with van der Waals surface area (Å²) < 4.78 is 21.4. The molecule has 124 valence electrons. The van der Waals surface area contributed by atoms with Gasteiger partial charge < -0.3 is 24.8 Å². The Balaban J connectivity index is 2.99. The van der Waals surface area contributed by atoms with Crippen LogP contribution in [0.3, 0.4) is 0 Å². The third kappa shape index (κ3) is 19.0. The van der Waals surface area contributed by atoms with E-state index in [9.17, 15) is 0 Å². The zero-order valence-corrected chi connectivity index (χ0v) is 13.0. The van der Waals surface area contributed by atoms with E-state index < -0.39 is 0 Å². The molecule has 0 aliphatic carbocycles. The summed E-state index contributed by atoms with van der Waals surface area (Å²) in [6.07, 6.45) is 5.24. The molecule has 0 aliphatic heterocycles. The first kappa shape index (κ1) is 20.0. The smallest absolute Gasteiger partial charge is 0.0701 e. The lowest BCUT2D eigenvalue weighted by molar-refractivity contribution is -0.00120. The average Bonchev–Trinajstić information content (AvgIpc) is 2.50. The summed E-state index contributed by atoms with van der Waals surface area (Å²) in [5.41, 5.74) is 0. The van der Waals surface area contributed by atoms with Crippen LogP contribution in [-0.2, 0) is 18.9 Å². The average molecular weight is 303 g/mol. The van der Waals surface area contributed by atoms with Crippen molar-refractivity contribution in [3.8, 4) is 0 Å². The Morgan fingerprint density at radius 1 is 0.762 bits per heavy atom. The minimum atomic E-state index is 0.556. The summed E-state index contributed by atoms with van der Waals surface area (Å²) in [4.78, 5) is 4.00. The number of ether oxygens (including phenoxy) is 4. The molecular weight excluding hydrogens is 274 g/mol. The third-order valence-corrected chi connectivity index (χ3v) is 2.38. The van der Waals surface area contributed by atoms with Crippen LogP contribution in [0.1, 0.15) is 19.8 Å². The lowest BCUT2D eigenvalue weighted by Crippen LogP contribution is -2.12. The highest BCUT2D eigenvalue weighted by Gasteiger charge is 1.92. The van der Waals surface area contributed by atoms with Gasteiger partial charge in [-0.1, -0.05) is 13.3 Å². The van der Waals surface area contributed by atoms with Crippen LogP contribution in [0.2, 0.25) is 0 Å². The first-order valence-corrected chi connectivity index (χ1v) is 7.44. The largest absolute Gasteiger partial charge is 0.379 e. The lowest BCUT2D eigenvalue weighted by atomic mass is 10.4. The third-order valence-electron chi connectivity index (χ3n) is 2.38. The molecular formula is C14H29N3O4. The molecule has 0 aromatic rings. The number of unbranched alkanes of at least 4 members (excludes halogenated alkanes) is 1. The minimum Gasteiger partial charge on any atom is -0.379 e. The van der Waals surface area contributed by atoms with Crippen LogP contribution in [0.15, 0.2) is 10.1 Å². The second kappa shape index (κ2) is 19.0. The summed E-state index contributed by atoms with van der Waals surface area (Å²) in [5, 5.41) is 3.29. The molecule has 0 radical (unpaired) electrons. The predicted octanol–water partition coefficient (Wildman–Crippen LogP) is 0.868. The Kier molecular flexibility index (Phi) is 18.1. The van der Waals surface area contributed by atoms with Crippen LogP contribution in [-0.4, -0.2) is 71.8 Å². The van der Waals surface area contributed by atoms with E-state index in [2.05, 4.69) is 17.0 Å². The van der Waals surface area contributed by atoms with Gasteiger partial charge in [0.1, 0.15) is 0 Å². The Morgan fingerprint density at radius 3 is 1.81 bits per heavy atom. The fraction of sp³-hybridized carbons (Fsp3) is 0.857. The molecule has 0 atom stereocenters. The zero-order valence-electron chi connectivity index (χ0n) is 13.0. The highest BCUT2D eigenvalue weighted by atomic mass is 16.6. The van der Waals surface area contributed by atoms with Gasteiger partial charge in [0, 0.05) is 12.8 Å². The molecule has 7 heteroatoms. The highest BCUT2D eigenvalue weighted by molar-refractivity contribution is 6.15. The fourth-order valence-electron chi connectivity index (χ4n) is 1.29. The minimum absolute atomic E-state index is 0.556. The SMILES string of the molecule is CCCCOCCOCCOCCOCCN=C/C=N\N. The Labute approximate surface area is 127 Å². The zero-order chi connectivity index (χ0) is 15.4. The molecule has 0 aromatic heterocycles. The Hall–Kier alpha value is -1.02. The van der Waals surface area contributed by atoms with Crippen LogP contribution in [0, 0.1) is 0 Å². The molecule has 0 amide bonds. The second-order valence-corrected chi connectivity index (χ2v) is 4.16. The van der Waals surface area contributed by atoms with Crippen molar-refractivity contribution in [3.63, 3.8) is 0 Å². The van der Waals surface area contributed by atoms with Gasteiger partial charge in [-0.05, 0) is 6.42 Å².